The molecule has 4 N–H and O–H groups in total. The lowest BCUT2D eigenvalue weighted by Crippen LogP contribution is -2.43. The van der Waals surface area contributed by atoms with E-state index >= 15 is 0 Å². The van der Waals surface area contributed by atoms with Crippen molar-refractivity contribution >= 4 is 46.7 Å². The molecular weight excluding hydrogens is 431 g/mol. The minimum atomic E-state index is -0.620. The van der Waals surface area contributed by atoms with Crippen molar-refractivity contribution in [2.75, 3.05) is 25.0 Å². The summed E-state index contributed by atoms with van der Waals surface area (Å²) in [7, 11) is 0. The highest BCUT2D eigenvalue weighted by Crippen LogP contribution is 2.26. The Hall–Kier alpha value is -2.03. The van der Waals surface area contributed by atoms with E-state index in [9.17, 15) is 14.4 Å². The van der Waals surface area contributed by atoms with Crippen LogP contribution in [0.25, 0.3) is 0 Å². The van der Waals surface area contributed by atoms with Gasteiger partial charge in [0.15, 0.2) is 0 Å². The van der Waals surface area contributed by atoms with E-state index < -0.39 is 11.9 Å². The van der Waals surface area contributed by atoms with Gasteiger partial charge < -0.3 is 15.5 Å². The molecule has 1 atom stereocenters. The molecule has 0 heterocycles. The van der Waals surface area contributed by atoms with E-state index in [4.69, 9.17) is 28.4 Å². The van der Waals surface area contributed by atoms with Crippen LogP contribution < -0.4 is 16.1 Å². The monoisotopic (exact) mass is 458 g/mol. The predicted molar refractivity (Wildman–Crippen MR) is 116 cm³/mol. The fourth-order valence-corrected chi connectivity index (χ4v) is 3.83. The summed E-state index contributed by atoms with van der Waals surface area (Å²) >= 11 is 11.9. The van der Waals surface area contributed by atoms with E-state index in [1.54, 1.807) is 23.7 Å². The zero-order chi connectivity index (χ0) is 22.1. The van der Waals surface area contributed by atoms with Crippen molar-refractivity contribution in [2.45, 2.75) is 39.0 Å². The van der Waals surface area contributed by atoms with Crippen molar-refractivity contribution in [1.82, 2.24) is 15.7 Å². The summed E-state index contributed by atoms with van der Waals surface area (Å²) < 4.78 is 0. The first-order chi connectivity index (χ1) is 14.3. The van der Waals surface area contributed by atoms with Crippen LogP contribution in [-0.4, -0.2) is 47.6 Å². The molecule has 10 heteroatoms. The minimum Gasteiger partial charge on any atom is -0.338 e. The highest BCUT2D eigenvalue weighted by atomic mass is 35.5. The van der Waals surface area contributed by atoms with Gasteiger partial charge in [-0.1, -0.05) is 43.0 Å². The van der Waals surface area contributed by atoms with Crippen LogP contribution >= 0.6 is 23.2 Å². The summed E-state index contributed by atoms with van der Waals surface area (Å²) in [6.07, 6.45) is 4.50. The maximum atomic E-state index is 12.7. The minimum absolute atomic E-state index is 0.152. The van der Waals surface area contributed by atoms with Gasteiger partial charge in [0.2, 0.25) is 5.91 Å². The second-order valence-corrected chi connectivity index (χ2v) is 8.57. The van der Waals surface area contributed by atoms with Crippen LogP contribution in [0.1, 0.15) is 39.0 Å². The van der Waals surface area contributed by atoms with Crippen molar-refractivity contribution in [3.63, 3.8) is 0 Å². The number of amides is 4. The molecule has 1 saturated carbocycles. The summed E-state index contributed by atoms with van der Waals surface area (Å²) in [4.78, 5) is 37.9. The summed E-state index contributed by atoms with van der Waals surface area (Å²) in [6.45, 7) is 2.42. The lowest BCUT2D eigenvalue weighted by Gasteiger charge is -2.26. The maximum absolute atomic E-state index is 12.7. The lowest BCUT2D eigenvalue weighted by molar-refractivity contribution is -0.140. The van der Waals surface area contributed by atoms with E-state index in [-0.39, 0.29) is 31.3 Å². The molecule has 0 saturated heterocycles. The summed E-state index contributed by atoms with van der Waals surface area (Å²) in [6, 6.07) is 4.29. The average molecular weight is 459 g/mol. The molecule has 1 aliphatic rings. The standard InChI is InChI=1S/C20H28Cl2N4O4/c1-13(10-23-20(29)24-17-9-15(21)6-7-16(17)22)8-19(28)26(12-18(27)25-30)11-14-4-2-3-5-14/h6-7,9,13-14,30H,2-5,8,10-12H2,1H3,(H,25,27)(H2,23,24,29). The van der Waals surface area contributed by atoms with Gasteiger partial charge in [-0.25, -0.2) is 10.3 Å². The van der Waals surface area contributed by atoms with Crippen LogP contribution in [0.4, 0.5) is 10.5 Å². The van der Waals surface area contributed by atoms with Gasteiger partial charge >= 0.3 is 6.03 Å². The number of hydrogen-bond donors (Lipinski definition) is 4. The molecule has 1 aromatic carbocycles. The number of carbonyl (C=O) groups is 3. The largest absolute Gasteiger partial charge is 0.338 e. The molecule has 0 aliphatic heterocycles. The number of nitrogens with one attached hydrogen (secondary N) is 3. The Morgan fingerprint density at radius 3 is 2.60 bits per heavy atom. The third-order valence-electron chi connectivity index (χ3n) is 5.08. The second kappa shape index (κ2) is 12.0. The van der Waals surface area contributed by atoms with E-state index in [0.717, 1.165) is 25.7 Å². The van der Waals surface area contributed by atoms with Crippen LogP contribution in [0.5, 0.6) is 0 Å². The van der Waals surface area contributed by atoms with Crippen molar-refractivity contribution in [3.05, 3.63) is 28.2 Å². The molecule has 0 radical (unpaired) electrons. The van der Waals surface area contributed by atoms with E-state index in [2.05, 4.69) is 10.6 Å². The molecule has 166 valence electrons. The van der Waals surface area contributed by atoms with Gasteiger partial charge in [0.05, 0.1) is 10.7 Å². The molecule has 8 nitrogen and oxygen atoms in total. The summed E-state index contributed by atoms with van der Waals surface area (Å²) in [5.74, 6) is -0.577. The normalized spacial score (nSPS) is 14.8. The Kier molecular flexibility index (Phi) is 9.68. The average Bonchev–Trinajstić information content (AvgIpc) is 3.21. The fraction of sp³-hybridized carbons (Fsp3) is 0.550. The quantitative estimate of drug-likeness (QED) is 0.334. The van der Waals surface area contributed by atoms with Crippen LogP contribution in [0, 0.1) is 11.8 Å². The molecule has 30 heavy (non-hydrogen) atoms. The Morgan fingerprint density at radius 1 is 1.23 bits per heavy atom. The van der Waals surface area contributed by atoms with Gasteiger partial charge in [-0.05, 0) is 42.9 Å². The Morgan fingerprint density at radius 2 is 1.93 bits per heavy atom. The number of urea groups is 1. The number of nitrogens with zero attached hydrogens (tertiary/aromatic N) is 1. The van der Waals surface area contributed by atoms with E-state index in [1.165, 1.54) is 4.90 Å². The molecule has 0 spiro atoms. The molecule has 1 unspecified atom stereocenters. The van der Waals surface area contributed by atoms with Crippen molar-refractivity contribution in [3.8, 4) is 0 Å². The van der Waals surface area contributed by atoms with Gasteiger partial charge in [0.25, 0.3) is 5.91 Å². The van der Waals surface area contributed by atoms with Crippen LogP contribution in [-0.2, 0) is 9.59 Å². The van der Waals surface area contributed by atoms with Crippen molar-refractivity contribution in [1.29, 1.82) is 0 Å². The topological polar surface area (TPSA) is 111 Å². The first-order valence-electron chi connectivity index (χ1n) is 9.99. The van der Waals surface area contributed by atoms with Crippen LogP contribution in [0.3, 0.4) is 0 Å². The Labute approximate surface area is 186 Å². The number of rotatable bonds is 9. The molecule has 2 rings (SSSR count). The van der Waals surface area contributed by atoms with Crippen molar-refractivity contribution in [2.24, 2.45) is 11.8 Å². The predicted octanol–water partition coefficient (Wildman–Crippen LogP) is 3.67. The first-order valence-corrected chi connectivity index (χ1v) is 10.7. The van der Waals surface area contributed by atoms with Gasteiger partial charge in [-0.3, -0.25) is 14.8 Å². The number of carbonyl (C=O) groups excluding carboxylic acids is 3. The van der Waals surface area contributed by atoms with E-state index in [0.29, 0.717) is 28.2 Å². The van der Waals surface area contributed by atoms with Gasteiger partial charge in [-0.15, -0.1) is 0 Å². The number of hydrogen-bond acceptors (Lipinski definition) is 4. The molecular formula is C20H28Cl2N4O4. The number of halogens is 2. The van der Waals surface area contributed by atoms with E-state index in [1.807, 2.05) is 6.92 Å². The number of benzene rings is 1. The lowest BCUT2D eigenvalue weighted by atomic mass is 10.0. The highest BCUT2D eigenvalue weighted by Gasteiger charge is 2.24. The van der Waals surface area contributed by atoms with Gasteiger partial charge in [0.1, 0.15) is 6.54 Å². The fourth-order valence-electron chi connectivity index (χ4n) is 3.49. The SMILES string of the molecule is CC(CNC(=O)Nc1cc(Cl)ccc1Cl)CC(=O)N(CC(=O)NO)CC1CCCC1. The Balaban J connectivity index is 1.83. The van der Waals surface area contributed by atoms with Gasteiger partial charge in [-0.2, -0.15) is 0 Å². The zero-order valence-electron chi connectivity index (χ0n) is 16.9. The summed E-state index contributed by atoms with van der Waals surface area (Å²) in [5.41, 5.74) is 1.97. The second-order valence-electron chi connectivity index (χ2n) is 7.73. The zero-order valence-corrected chi connectivity index (χ0v) is 18.4. The maximum Gasteiger partial charge on any atom is 0.319 e. The van der Waals surface area contributed by atoms with Gasteiger partial charge in [0, 0.05) is 24.5 Å². The molecule has 1 aliphatic carbocycles. The molecule has 0 bridgehead atoms. The third-order valence-corrected chi connectivity index (χ3v) is 5.64. The molecule has 0 aromatic heterocycles. The third kappa shape index (κ3) is 8.01. The summed E-state index contributed by atoms with van der Waals surface area (Å²) in [5, 5.41) is 14.9. The van der Waals surface area contributed by atoms with Crippen LogP contribution in [0.2, 0.25) is 10.0 Å². The highest BCUT2D eigenvalue weighted by molar-refractivity contribution is 6.35. The van der Waals surface area contributed by atoms with Crippen LogP contribution in [0.15, 0.2) is 18.2 Å². The Bertz CT molecular complexity index is 756. The smallest absolute Gasteiger partial charge is 0.319 e. The molecule has 1 fully saturated rings. The molecule has 4 amide bonds. The first kappa shape index (κ1) is 24.2. The molecule has 1 aromatic rings. The number of hydroxylamine groups is 1. The number of anilines is 1. The van der Waals surface area contributed by atoms with Crippen molar-refractivity contribution < 1.29 is 19.6 Å².